The Morgan fingerprint density at radius 3 is 2.58 bits per heavy atom. The molecule has 0 aliphatic carbocycles. The van der Waals surface area contributed by atoms with Gasteiger partial charge in [-0.25, -0.2) is 13.8 Å². The lowest BCUT2D eigenvalue weighted by atomic mass is 10.1. The zero-order valence-electron chi connectivity index (χ0n) is 19.6. The van der Waals surface area contributed by atoms with Crippen molar-refractivity contribution in [2.75, 3.05) is 12.4 Å². The fourth-order valence-electron chi connectivity index (χ4n) is 4.25. The standard InChI is InChI=1S/C27H22F2N4O3/c1-16-3-10-23-20(11-16)25-26(33(23)14-24(34)31-22-12-18(28)6-9-21(22)29)27(35)32(15-30-25)13-17-4-7-19(36-2)8-5-17/h3-12,15H,13-14H2,1-2H3,(H,31,34). The van der Waals surface area contributed by atoms with E-state index < -0.39 is 17.5 Å². The van der Waals surface area contributed by atoms with Gasteiger partial charge in [0, 0.05) is 11.5 Å². The third kappa shape index (κ3) is 4.31. The summed E-state index contributed by atoms with van der Waals surface area (Å²) in [5.41, 5.74) is 2.60. The molecule has 182 valence electrons. The number of nitrogens with one attached hydrogen (secondary N) is 1. The monoisotopic (exact) mass is 488 g/mol. The molecule has 36 heavy (non-hydrogen) atoms. The van der Waals surface area contributed by atoms with E-state index in [0.717, 1.165) is 34.7 Å². The van der Waals surface area contributed by atoms with Gasteiger partial charge in [-0.3, -0.25) is 14.2 Å². The van der Waals surface area contributed by atoms with E-state index in [1.807, 2.05) is 49.4 Å². The Hall–Kier alpha value is -4.53. The van der Waals surface area contributed by atoms with Crippen molar-refractivity contribution < 1.29 is 18.3 Å². The number of aromatic nitrogens is 3. The molecule has 0 atom stereocenters. The van der Waals surface area contributed by atoms with Crippen molar-refractivity contribution in [3.8, 4) is 5.75 Å². The lowest BCUT2D eigenvalue weighted by molar-refractivity contribution is -0.116. The Morgan fingerprint density at radius 2 is 1.83 bits per heavy atom. The number of fused-ring (bicyclic) bond motifs is 3. The molecule has 0 radical (unpaired) electrons. The van der Waals surface area contributed by atoms with Crippen LogP contribution in [0.1, 0.15) is 11.1 Å². The normalized spacial score (nSPS) is 11.2. The molecule has 9 heteroatoms. The summed E-state index contributed by atoms with van der Waals surface area (Å²) in [6.07, 6.45) is 1.49. The number of benzene rings is 3. The van der Waals surface area contributed by atoms with Gasteiger partial charge in [0.05, 0.1) is 31.2 Å². The average Bonchev–Trinajstić information content (AvgIpc) is 3.16. The van der Waals surface area contributed by atoms with Crippen molar-refractivity contribution in [2.45, 2.75) is 20.0 Å². The smallest absolute Gasteiger partial charge is 0.278 e. The number of rotatable bonds is 6. The summed E-state index contributed by atoms with van der Waals surface area (Å²) in [6.45, 7) is 1.91. The Bertz CT molecular complexity index is 1670. The Morgan fingerprint density at radius 1 is 1.06 bits per heavy atom. The molecule has 5 aromatic rings. The summed E-state index contributed by atoms with van der Waals surface area (Å²) < 4.78 is 35.9. The van der Waals surface area contributed by atoms with Crippen LogP contribution in [0.2, 0.25) is 0 Å². The zero-order valence-corrected chi connectivity index (χ0v) is 19.6. The van der Waals surface area contributed by atoms with Crippen LogP contribution < -0.4 is 15.6 Å². The number of hydrogen-bond donors (Lipinski definition) is 1. The fourth-order valence-corrected chi connectivity index (χ4v) is 4.25. The minimum Gasteiger partial charge on any atom is -0.497 e. The topological polar surface area (TPSA) is 78.2 Å². The number of carbonyl (C=O) groups is 1. The third-order valence-corrected chi connectivity index (χ3v) is 6.00. The van der Waals surface area contributed by atoms with E-state index in [-0.39, 0.29) is 29.9 Å². The molecular weight excluding hydrogens is 466 g/mol. The van der Waals surface area contributed by atoms with Crippen LogP contribution in [0.3, 0.4) is 0 Å². The minimum absolute atomic E-state index is 0.251. The highest BCUT2D eigenvalue weighted by Crippen LogP contribution is 2.27. The summed E-state index contributed by atoms with van der Waals surface area (Å²) >= 11 is 0. The number of carbonyl (C=O) groups excluding carboxylic acids is 1. The molecule has 0 aliphatic rings. The number of ether oxygens (including phenoxy) is 1. The first kappa shape index (κ1) is 23.2. The minimum atomic E-state index is -0.758. The number of halogens is 2. The number of hydrogen-bond acceptors (Lipinski definition) is 4. The number of aryl methyl sites for hydroxylation is 1. The Labute approximate surface area is 204 Å². The second-order valence-corrected chi connectivity index (χ2v) is 8.50. The van der Waals surface area contributed by atoms with E-state index in [9.17, 15) is 18.4 Å². The number of nitrogens with zero attached hydrogens (tertiary/aromatic N) is 3. The molecule has 0 aliphatic heterocycles. The number of methoxy groups -OCH3 is 1. The van der Waals surface area contributed by atoms with Gasteiger partial charge >= 0.3 is 0 Å². The predicted molar refractivity (Wildman–Crippen MR) is 133 cm³/mol. The summed E-state index contributed by atoms with van der Waals surface area (Å²) in [4.78, 5) is 31.0. The van der Waals surface area contributed by atoms with Gasteiger partial charge in [0.25, 0.3) is 5.56 Å². The van der Waals surface area contributed by atoms with E-state index in [0.29, 0.717) is 16.8 Å². The molecule has 2 heterocycles. The predicted octanol–water partition coefficient (Wildman–Crippen LogP) is 4.63. The van der Waals surface area contributed by atoms with Gasteiger partial charge in [0.2, 0.25) is 5.91 Å². The van der Waals surface area contributed by atoms with Crippen LogP contribution in [-0.4, -0.2) is 27.1 Å². The van der Waals surface area contributed by atoms with Crippen LogP contribution in [0.5, 0.6) is 5.75 Å². The molecule has 0 fully saturated rings. The van der Waals surface area contributed by atoms with Gasteiger partial charge in [-0.05, 0) is 48.9 Å². The molecule has 1 amide bonds. The quantitative estimate of drug-likeness (QED) is 0.378. The molecule has 0 unspecified atom stereocenters. The highest BCUT2D eigenvalue weighted by atomic mass is 19.1. The summed E-state index contributed by atoms with van der Waals surface area (Å²) in [6, 6.07) is 15.7. The highest BCUT2D eigenvalue weighted by Gasteiger charge is 2.19. The van der Waals surface area contributed by atoms with E-state index in [1.54, 1.807) is 11.7 Å². The maximum absolute atomic E-state index is 14.1. The maximum Gasteiger partial charge on any atom is 0.278 e. The lowest BCUT2D eigenvalue weighted by Gasteiger charge is -2.11. The van der Waals surface area contributed by atoms with Crippen molar-refractivity contribution in [2.24, 2.45) is 0 Å². The fraction of sp³-hybridized carbons (Fsp3) is 0.148. The maximum atomic E-state index is 14.1. The van der Waals surface area contributed by atoms with Crippen molar-refractivity contribution in [1.82, 2.24) is 14.1 Å². The molecule has 7 nitrogen and oxygen atoms in total. The Balaban J connectivity index is 1.58. The van der Waals surface area contributed by atoms with Gasteiger partial charge in [0.15, 0.2) is 0 Å². The lowest BCUT2D eigenvalue weighted by Crippen LogP contribution is -2.25. The Kier molecular flexibility index (Phi) is 5.97. The van der Waals surface area contributed by atoms with E-state index in [2.05, 4.69) is 10.3 Å². The van der Waals surface area contributed by atoms with Crippen LogP contribution in [0.15, 0.2) is 71.8 Å². The average molecular weight is 488 g/mol. The SMILES string of the molecule is COc1ccc(Cn2cnc3c4cc(C)ccc4n(CC(=O)Nc4cc(F)ccc4F)c3c2=O)cc1. The first-order chi connectivity index (χ1) is 17.3. The summed E-state index contributed by atoms with van der Waals surface area (Å²) in [5.74, 6) is -1.34. The molecule has 2 aromatic heterocycles. The van der Waals surface area contributed by atoms with Crippen molar-refractivity contribution >= 4 is 33.5 Å². The van der Waals surface area contributed by atoms with Gasteiger partial charge in [-0.1, -0.05) is 23.8 Å². The molecule has 1 N–H and O–H groups in total. The third-order valence-electron chi connectivity index (χ3n) is 6.00. The van der Waals surface area contributed by atoms with E-state index in [1.165, 1.54) is 10.9 Å². The summed E-state index contributed by atoms with van der Waals surface area (Å²) in [7, 11) is 1.58. The first-order valence-corrected chi connectivity index (χ1v) is 11.2. The van der Waals surface area contributed by atoms with E-state index in [4.69, 9.17) is 4.74 Å². The van der Waals surface area contributed by atoms with Crippen molar-refractivity contribution in [3.05, 3.63) is 100 Å². The van der Waals surface area contributed by atoms with Crippen LogP contribution in [-0.2, 0) is 17.9 Å². The molecule has 0 saturated carbocycles. The van der Waals surface area contributed by atoms with E-state index >= 15 is 0 Å². The second kappa shape index (κ2) is 9.26. The van der Waals surface area contributed by atoms with Gasteiger partial charge < -0.3 is 14.6 Å². The van der Waals surface area contributed by atoms with Gasteiger partial charge in [-0.2, -0.15) is 0 Å². The van der Waals surface area contributed by atoms with Crippen molar-refractivity contribution in [3.63, 3.8) is 0 Å². The molecule has 0 saturated heterocycles. The molecule has 5 rings (SSSR count). The largest absolute Gasteiger partial charge is 0.497 e. The van der Waals surface area contributed by atoms with Crippen LogP contribution in [0.4, 0.5) is 14.5 Å². The van der Waals surface area contributed by atoms with Gasteiger partial charge in [0.1, 0.15) is 35.0 Å². The molecule has 3 aromatic carbocycles. The van der Waals surface area contributed by atoms with Gasteiger partial charge in [-0.15, -0.1) is 0 Å². The number of anilines is 1. The first-order valence-electron chi connectivity index (χ1n) is 11.2. The van der Waals surface area contributed by atoms with Crippen LogP contribution >= 0.6 is 0 Å². The van der Waals surface area contributed by atoms with Crippen molar-refractivity contribution in [1.29, 1.82) is 0 Å². The van der Waals surface area contributed by atoms with Crippen LogP contribution in [0, 0.1) is 18.6 Å². The number of amides is 1. The van der Waals surface area contributed by atoms with Crippen LogP contribution in [0.25, 0.3) is 21.9 Å². The molecule has 0 bridgehead atoms. The molecule has 0 spiro atoms. The molecular formula is C27H22F2N4O3. The zero-order chi connectivity index (χ0) is 25.4. The second-order valence-electron chi connectivity index (χ2n) is 8.50. The summed E-state index contributed by atoms with van der Waals surface area (Å²) in [5, 5.41) is 3.12. The highest BCUT2D eigenvalue weighted by molar-refractivity contribution is 6.06.